The minimum Gasteiger partial charge on any atom is -0.459 e. The van der Waals surface area contributed by atoms with Gasteiger partial charge >= 0.3 is 0 Å². The van der Waals surface area contributed by atoms with Crippen molar-refractivity contribution in [2.45, 2.75) is 30.9 Å². The summed E-state index contributed by atoms with van der Waals surface area (Å²) in [7, 11) is -3.18. The number of amides is 1. The van der Waals surface area contributed by atoms with E-state index < -0.39 is 14.6 Å². The van der Waals surface area contributed by atoms with Crippen molar-refractivity contribution in [3.63, 3.8) is 0 Å². The van der Waals surface area contributed by atoms with Crippen LogP contribution >= 0.6 is 0 Å². The molecule has 6 nitrogen and oxygen atoms in total. The van der Waals surface area contributed by atoms with Gasteiger partial charge in [-0.1, -0.05) is 0 Å². The number of aryl methyl sites for hydroxylation is 1. The van der Waals surface area contributed by atoms with Gasteiger partial charge in [-0.25, -0.2) is 8.42 Å². The molecule has 24 heavy (non-hydrogen) atoms. The zero-order valence-electron chi connectivity index (χ0n) is 13.9. The van der Waals surface area contributed by atoms with Crippen LogP contribution in [0, 0.1) is 18.8 Å². The third-order valence-corrected chi connectivity index (χ3v) is 8.33. The fourth-order valence-electron chi connectivity index (χ4n) is 3.85. The molecule has 2 aliphatic heterocycles. The van der Waals surface area contributed by atoms with Crippen LogP contribution < -0.4 is 0 Å². The number of sulfone groups is 1. The topological polar surface area (TPSA) is 76.8 Å². The molecule has 1 saturated carbocycles. The number of ether oxygens (including phenoxy) is 1. The number of hydrogen-bond acceptors (Lipinski definition) is 5. The van der Waals surface area contributed by atoms with E-state index in [-0.39, 0.29) is 30.7 Å². The highest BCUT2D eigenvalue weighted by molar-refractivity contribution is 7.93. The summed E-state index contributed by atoms with van der Waals surface area (Å²) in [5.41, 5.74) is 0.777. The van der Waals surface area contributed by atoms with Crippen LogP contribution in [0.25, 0.3) is 0 Å². The summed E-state index contributed by atoms with van der Waals surface area (Å²) in [4.78, 5) is 14.1. The maximum absolute atomic E-state index is 12.6. The molecule has 132 valence electrons. The van der Waals surface area contributed by atoms with Crippen LogP contribution in [0.5, 0.6) is 0 Å². The van der Waals surface area contributed by atoms with E-state index in [0.29, 0.717) is 24.7 Å². The Morgan fingerprint density at radius 1 is 1.33 bits per heavy atom. The van der Waals surface area contributed by atoms with Crippen molar-refractivity contribution in [1.82, 2.24) is 4.90 Å². The zero-order chi connectivity index (χ0) is 16.9. The normalized spacial score (nSPS) is 27.4. The molecule has 3 aliphatic rings. The minimum atomic E-state index is -3.18. The lowest BCUT2D eigenvalue weighted by molar-refractivity contribution is 0.0210. The van der Waals surface area contributed by atoms with E-state index in [1.54, 1.807) is 11.0 Å². The summed E-state index contributed by atoms with van der Waals surface area (Å²) in [6, 6.07) is 1.74. The molecule has 3 fully saturated rings. The summed E-state index contributed by atoms with van der Waals surface area (Å²) >= 11 is 0. The van der Waals surface area contributed by atoms with Crippen LogP contribution in [-0.4, -0.2) is 56.0 Å². The molecule has 4 rings (SSSR count). The van der Waals surface area contributed by atoms with Gasteiger partial charge in [-0.15, -0.1) is 0 Å². The van der Waals surface area contributed by atoms with E-state index in [9.17, 15) is 13.2 Å². The molecule has 0 N–H and O–H groups in total. The first-order chi connectivity index (χ1) is 11.4. The summed E-state index contributed by atoms with van der Waals surface area (Å²) in [5.74, 6) is 0.944. The third kappa shape index (κ3) is 2.49. The number of carbonyl (C=O) groups is 1. The van der Waals surface area contributed by atoms with E-state index in [1.165, 1.54) is 19.1 Å². The van der Waals surface area contributed by atoms with Crippen molar-refractivity contribution < 1.29 is 22.4 Å². The monoisotopic (exact) mass is 353 g/mol. The number of nitrogens with zero attached hydrogens (tertiary/aromatic N) is 1. The second-order valence-electron chi connectivity index (χ2n) is 7.44. The van der Waals surface area contributed by atoms with Crippen LogP contribution in [-0.2, 0) is 14.6 Å². The molecule has 2 saturated heterocycles. The van der Waals surface area contributed by atoms with Gasteiger partial charge in [-0.3, -0.25) is 4.79 Å². The lowest BCUT2D eigenvalue weighted by Crippen LogP contribution is -2.68. The molecule has 0 unspecified atom stereocenters. The third-order valence-electron chi connectivity index (χ3n) is 5.73. The summed E-state index contributed by atoms with van der Waals surface area (Å²) in [6.45, 7) is 3.54. The quantitative estimate of drug-likeness (QED) is 0.804. The molecule has 0 bridgehead atoms. The summed E-state index contributed by atoms with van der Waals surface area (Å²) in [5, 5.41) is 0. The van der Waals surface area contributed by atoms with Gasteiger partial charge < -0.3 is 14.1 Å². The Kier molecular flexibility index (Phi) is 3.76. The Bertz CT molecular complexity index is 743. The van der Waals surface area contributed by atoms with Gasteiger partial charge in [-0.2, -0.15) is 0 Å². The molecular weight excluding hydrogens is 330 g/mol. The van der Waals surface area contributed by atoms with Gasteiger partial charge in [0.1, 0.15) is 4.75 Å². The van der Waals surface area contributed by atoms with Crippen LogP contribution in [0.15, 0.2) is 16.7 Å². The molecule has 3 heterocycles. The highest BCUT2D eigenvalue weighted by Gasteiger charge is 2.62. The minimum absolute atomic E-state index is 0.0111. The number of likely N-dealkylation sites (tertiary alicyclic amines) is 1. The molecule has 1 spiro atoms. The standard InChI is InChI=1S/C17H23NO5S/c1-12-4-6-23-15(12)16(19)18-10-17(11-18)14(5-7-24(17,20)21)9-22-8-13-2-3-13/h4,6,13-14H,2-3,5,7-11H2,1H3/t14-/m0/s1. The van der Waals surface area contributed by atoms with E-state index in [2.05, 4.69) is 0 Å². The van der Waals surface area contributed by atoms with Gasteiger partial charge in [0, 0.05) is 31.2 Å². The van der Waals surface area contributed by atoms with Gasteiger partial charge in [-0.05, 0) is 38.2 Å². The Morgan fingerprint density at radius 2 is 2.08 bits per heavy atom. The van der Waals surface area contributed by atoms with Gasteiger partial charge in [0.05, 0.1) is 18.6 Å². The largest absolute Gasteiger partial charge is 0.459 e. The van der Waals surface area contributed by atoms with Crippen molar-refractivity contribution in [2.24, 2.45) is 11.8 Å². The Balaban J connectivity index is 1.44. The van der Waals surface area contributed by atoms with Gasteiger partial charge in [0.15, 0.2) is 15.6 Å². The molecule has 1 aromatic rings. The van der Waals surface area contributed by atoms with Gasteiger partial charge in [0.2, 0.25) is 0 Å². The highest BCUT2D eigenvalue weighted by atomic mass is 32.2. The Morgan fingerprint density at radius 3 is 2.71 bits per heavy atom. The van der Waals surface area contributed by atoms with Crippen molar-refractivity contribution in [3.8, 4) is 0 Å². The van der Waals surface area contributed by atoms with E-state index in [1.807, 2.05) is 6.92 Å². The molecule has 0 radical (unpaired) electrons. The molecule has 1 aromatic heterocycles. The summed E-state index contributed by atoms with van der Waals surface area (Å²) in [6.07, 6.45) is 4.56. The number of hydrogen-bond donors (Lipinski definition) is 0. The van der Waals surface area contributed by atoms with Gasteiger partial charge in [0.25, 0.3) is 5.91 Å². The van der Waals surface area contributed by atoms with Crippen LogP contribution in [0.4, 0.5) is 0 Å². The molecule has 1 atom stereocenters. The lowest BCUT2D eigenvalue weighted by Gasteiger charge is -2.49. The van der Waals surface area contributed by atoms with Crippen molar-refractivity contribution in [1.29, 1.82) is 0 Å². The van der Waals surface area contributed by atoms with E-state index in [0.717, 1.165) is 12.2 Å². The van der Waals surface area contributed by atoms with E-state index in [4.69, 9.17) is 9.15 Å². The highest BCUT2D eigenvalue weighted by Crippen LogP contribution is 2.45. The predicted octanol–water partition coefficient (Wildman–Crippen LogP) is 1.64. The molecular formula is C17H23NO5S. The first-order valence-electron chi connectivity index (χ1n) is 8.56. The number of furan rings is 1. The molecule has 0 aromatic carbocycles. The lowest BCUT2D eigenvalue weighted by atomic mass is 9.83. The average Bonchev–Trinajstić information content (AvgIpc) is 3.14. The van der Waals surface area contributed by atoms with Crippen LogP contribution in [0.1, 0.15) is 35.4 Å². The SMILES string of the molecule is Cc1ccoc1C(=O)N1CC2(C1)[C@H](COCC1CC1)CCS2(=O)=O. The first-order valence-corrected chi connectivity index (χ1v) is 10.2. The number of carbonyl (C=O) groups excluding carboxylic acids is 1. The van der Waals surface area contributed by atoms with Crippen LogP contribution in [0.3, 0.4) is 0 Å². The first kappa shape index (κ1) is 16.1. The summed E-state index contributed by atoms with van der Waals surface area (Å²) < 4.78 is 35.4. The fourth-order valence-corrected chi connectivity index (χ4v) is 6.25. The predicted molar refractivity (Wildman–Crippen MR) is 87.5 cm³/mol. The number of rotatable bonds is 5. The van der Waals surface area contributed by atoms with Crippen molar-refractivity contribution >= 4 is 15.7 Å². The van der Waals surface area contributed by atoms with Crippen molar-refractivity contribution in [2.75, 3.05) is 32.1 Å². The maximum atomic E-state index is 12.6. The van der Waals surface area contributed by atoms with Crippen molar-refractivity contribution in [3.05, 3.63) is 23.7 Å². The Hall–Kier alpha value is -1.34. The smallest absolute Gasteiger partial charge is 0.289 e. The molecule has 7 heteroatoms. The van der Waals surface area contributed by atoms with E-state index >= 15 is 0 Å². The molecule has 1 aliphatic carbocycles. The molecule has 1 amide bonds. The maximum Gasteiger partial charge on any atom is 0.289 e. The second-order valence-corrected chi connectivity index (χ2v) is 9.89. The Labute approximate surface area is 142 Å². The fraction of sp³-hybridized carbons (Fsp3) is 0.706. The average molecular weight is 353 g/mol. The second kappa shape index (κ2) is 5.59. The zero-order valence-corrected chi connectivity index (χ0v) is 14.7. The van der Waals surface area contributed by atoms with Crippen LogP contribution in [0.2, 0.25) is 0 Å².